The molecule has 0 amide bonds. The fourth-order valence-electron chi connectivity index (χ4n) is 1.92. The van der Waals surface area contributed by atoms with Gasteiger partial charge in [0, 0.05) is 6.08 Å². The van der Waals surface area contributed by atoms with Crippen LogP contribution < -0.4 is 0 Å². The Labute approximate surface area is 142 Å². The third-order valence-corrected chi connectivity index (χ3v) is 3.07. The molecule has 0 saturated carbocycles. The van der Waals surface area contributed by atoms with Gasteiger partial charge in [0.1, 0.15) is 5.92 Å². The van der Waals surface area contributed by atoms with Gasteiger partial charge < -0.3 is 9.47 Å². The van der Waals surface area contributed by atoms with Crippen molar-refractivity contribution in [2.75, 3.05) is 13.2 Å². The van der Waals surface area contributed by atoms with Gasteiger partial charge in [0.25, 0.3) is 0 Å². The first-order valence-corrected chi connectivity index (χ1v) is 7.85. The zero-order valence-corrected chi connectivity index (χ0v) is 13.9. The summed E-state index contributed by atoms with van der Waals surface area (Å²) in [5.74, 6) is -2.46. The van der Waals surface area contributed by atoms with Gasteiger partial charge in [0.05, 0.1) is 13.2 Å². The van der Waals surface area contributed by atoms with Crippen molar-refractivity contribution in [2.45, 2.75) is 20.3 Å². The second kappa shape index (κ2) is 10.9. The standard InChI is InChI=1S/C19H22O5/c1-3-23-18(21)12-8-11-16(19(22)24-4-2)17(20)14-13-15-9-6-5-7-10-15/h5-10,12-14,16H,3-4,11H2,1-2H3/b12-8+,14-13+. The average Bonchev–Trinajstić information content (AvgIpc) is 2.58. The summed E-state index contributed by atoms with van der Waals surface area (Å²) in [5, 5.41) is 0. The van der Waals surface area contributed by atoms with Crippen molar-refractivity contribution >= 4 is 23.8 Å². The van der Waals surface area contributed by atoms with Gasteiger partial charge in [0.15, 0.2) is 5.78 Å². The van der Waals surface area contributed by atoms with E-state index in [9.17, 15) is 14.4 Å². The van der Waals surface area contributed by atoms with Crippen LogP contribution in [0.15, 0.2) is 48.6 Å². The first kappa shape index (κ1) is 19.4. The number of hydrogen-bond acceptors (Lipinski definition) is 5. The molecule has 1 rings (SSSR count). The van der Waals surface area contributed by atoms with Crippen molar-refractivity contribution in [3.05, 3.63) is 54.1 Å². The molecule has 0 aliphatic carbocycles. The lowest BCUT2D eigenvalue weighted by atomic mass is 9.99. The highest BCUT2D eigenvalue weighted by Gasteiger charge is 2.24. The van der Waals surface area contributed by atoms with E-state index in [2.05, 4.69) is 0 Å². The quantitative estimate of drug-likeness (QED) is 0.395. The Hall–Kier alpha value is -2.69. The van der Waals surface area contributed by atoms with Crippen molar-refractivity contribution in [1.29, 1.82) is 0 Å². The molecule has 0 heterocycles. The van der Waals surface area contributed by atoms with Gasteiger partial charge in [-0.2, -0.15) is 0 Å². The summed E-state index contributed by atoms with van der Waals surface area (Å²) in [6.45, 7) is 3.83. The van der Waals surface area contributed by atoms with Crippen LogP contribution in [0.3, 0.4) is 0 Å². The molecule has 1 unspecified atom stereocenters. The number of hydrogen-bond donors (Lipinski definition) is 0. The lowest BCUT2D eigenvalue weighted by Gasteiger charge is -2.10. The molecular formula is C19H22O5. The summed E-state index contributed by atoms with van der Waals surface area (Å²) in [6, 6.07) is 9.29. The number of benzene rings is 1. The number of esters is 2. The van der Waals surface area contributed by atoms with Gasteiger partial charge in [-0.25, -0.2) is 4.79 Å². The van der Waals surface area contributed by atoms with Crippen LogP contribution in [0.1, 0.15) is 25.8 Å². The summed E-state index contributed by atoms with van der Waals surface area (Å²) in [6.07, 6.45) is 5.74. The summed E-state index contributed by atoms with van der Waals surface area (Å²) >= 11 is 0. The maximum Gasteiger partial charge on any atom is 0.330 e. The molecule has 0 aliphatic rings. The summed E-state index contributed by atoms with van der Waals surface area (Å²) < 4.78 is 9.70. The molecule has 0 saturated heterocycles. The van der Waals surface area contributed by atoms with Crippen LogP contribution in [0.25, 0.3) is 6.08 Å². The fourth-order valence-corrected chi connectivity index (χ4v) is 1.92. The second-order valence-electron chi connectivity index (χ2n) is 4.84. The number of carbonyl (C=O) groups is 3. The molecule has 0 bridgehead atoms. The zero-order valence-electron chi connectivity index (χ0n) is 13.9. The third-order valence-electron chi connectivity index (χ3n) is 3.07. The molecule has 0 aromatic heterocycles. The largest absolute Gasteiger partial charge is 0.465 e. The molecule has 1 aromatic rings. The lowest BCUT2D eigenvalue weighted by Crippen LogP contribution is -2.24. The van der Waals surface area contributed by atoms with E-state index in [0.29, 0.717) is 0 Å². The predicted octanol–water partition coefficient (Wildman–Crippen LogP) is 2.96. The number of rotatable bonds is 9. The first-order chi connectivity index (χ1) is 11.6. The minimum Gasteiger partial charge on any atom is -0.465 e. The van der Waals surface area contributed by atoms with Crippen molar-refractivity contribution in [3.8, 4) is 0 Å². The Bertz CT molecular complexity index is 601. The Morgan fingerprint density at radius 1 is 1.00 bits per heavy atom. The lowest BCUT2D eigenvalue weighted by molar-refractivity contribution is -0.150. The molecule has 5 nitrogen and oxygen atoms in total. The molecule has 5 heteroatoms. The van der Waals surface area contributed by atoms with E-state index in [1.807, 2.05) is 30.3 Å². The zero-order chi connectivity index (χ0) is 17.8. The van der Waals surface area contributed by atoms with E-state index < -0.39 is 17.9 Å². The highest BCUT2D eigenvalue weighted by molar-refractivity contribution is 6.06. The Morgan fingerprint density at radius 3 is 2.29 bits per heavy atom. The van der Waals surface area contributed by atoms with Crippen LogP contribution in [-0.4, -0.2) is 30.9 Å². The summed E-state index contributed by atoms with van der Waals surface area (Å²) in [4.78, 5) is 35.5. The highest BCUT2D eigenvalue weighted by Crippen LogP contribution is 2.12. The Kier molecular flexibility index (Phi) is 8.82. The van der Waals surface area contributed by atoms with Crippen molar-refractivity contribution < 1.29 is 23.9 Å². The molecule has 1 atom stereocenters. The number of allylic oxidation sites excluding steroid dienone is 2. The van der Waals surface area contributed by atoms with Crippen LogP contribution in [-0.2, 0) is 23.9 Å². The van der Waals surface area contributed by atoms with E-state index in [4.69, 9.17) is 9.47 Å². The highest BCUT2D eigenvalue weighted by atomic mass is 16.5. The van der Waals surface area contributed by atoms with Gasteiger partial charge in [-0.1, -0.05) is 42.5 Å². The third kappa shape index (κ3) is 7.05. The number of carbonyl (C=O) groups excluding carboxylic acids is 3. The molecule has 128 valence electrons. The van der Waals surface area contributed by atoms with E-state index in [0.717, 1.165) is 5.56 Å². The average molecular weight is 330 g/mol. The van der Waals surface area contributed by atoms with Gasteiger partial charge in [-0.3, -0.25) is 9.59 Å². The monoisotopic (exact) mass is 330 g/mol. The Balaban J connectivity index is 2.77. The van der Waals surface area contributed by atoms with Crippen molar-refractivity contribution in [3.63, 3.8) is 0 Å². The van der Waals surface area contributed by atoms with Crippen molar-refractivity contribution in [2.24, 2.45) is 5.92 Å². The molecule has 0 N–H and O–H groups in total. The van der Waals surface area contributed by atoms with E-state index in [1.54, 1.807) is 19.9 Å². The fraction of sp³-hybridized carbons (Fsp3) is 0.316. The Morgan fingerprint density at radius 2 is 1.67 bits per heavy atom. The first-order valence-electron chi connectivity index (χ1n) is 7.85. The van der Waals surface area contributed by atoms with Crippen LogP contribution in [0.2, 0.25) is 0 Å². The van der Waals surface area contributed by atoms with Crippen LogP contribution in [0.4, 0.5) is 0 Å². The van der Waals surface area contributed by atoms with E-state index in [-0.39, 0.29) is 25.4 Å². The second-order valence-corrected chi connectivity index (χ2v) is 4.84. The molecule has 0 radical (unpaired) electrons. The molecule has 24 heavy (non-hydrogen) atoms. The SMILES string of the molecule is CCOC(=O)/C=C/CC(C(=O)/C=C/c1ccccc1)C(=O)OCC. The smallest absolute Gasteiger partial charge is 0.330 e. The van der Waals surface area contributed by atoms with Gasteiger partial charge in [0.2, 0.25) is 0 Å². The normalized spacial score (nSPS) is 12.2. The molecule has 0 aliphatic heterocycles. The summed E-state index contributed by atoms with van der Waals surface area (Å²) in [5.41, 5.74) is 0.857. The maximum atomic E-state index is 12.3. The molecule has 0 fully saturated rings. The minimum atomic E-state index is -0.976. The predicted molar refractivity (Wildman–Crippen MR) is 91.0 cm³/mol. The van der Waals surface area contributed by atoms with Gasteiger partial charge >= 0.3 is 11.9 Å². The van der Waals surface area contributed by atoms with E-state index in [1.165, 1.54) is 18.2 Å². The maximum absolute atomic E-state index is 12.3. The van der Waals surface area contributed by atoms with Crippen LogP contribution >= 0.6 is 0 Å². The van der Waals surface area contributed by atoms with Crippen molar-refractivity contribution in [1.82, 2.24) is 0 Å². The van der Waals surface area contributed by atoms with Crippen LogP contribution in [0.5, 0.6) is 0 Å². The molecular weight excluding hydrogens is 308 g/mol. The number of ketones is 1. The topological polar surface area (TPSA) is 69.7 Å². The van der Waals surface area contributed by atoms with Gasteiger partial charge in [-0.15, -0.1) is 0 Å². The molecule has 1 aromatic carbocycles. The van der Waals surface area contributed by atoms with Crippen LogP contribution in [0, 0.1) is 5.92 Å². The summed E-state index contributed by atoms with van der Waals surface area (Å²) in [7, 11) is 0. The number of ether oxygens (including phenoxy) is 2. The minimum absolute atomic E-state index is 0.0790. The van der Waals surface area contributed by atoms with Gasteiger partial charge in [-0.05, 0) is 31.9 Å². The van der Waals surface area contributed by atoms with E-state index >= 15 is 0 Å². The molecule has 0 spiro atoms.